The second-order valence-electron chi connectivity index (χ2n) is 6.62. The fourth-order valence-corrected chi connectivity index (χ4v) is 2.43. The van der Waals surface area contributed by atoms with Crippen molar-refractivity contribution in [3.63, 3.8) is 0 Å². The molecule has 120 valence electrons. The summed E-state index contributed by atoms with van der Waals surface area (Å²) < 4.78 is 0. The van der Waals surface area contributed by atoms with E-state index in [1.54, 1.807) is 0 Å². The van der Waals surface area contributed by atoms with Gasteiger partial charge in [-0.05, 0) is 52.2 Å². The molecule has 0 unspecified atom stereocenters. The third-order valence-electron chi connectivity index (χ3n) is 3.60. The number of aliphatic hydroxyl groups is 1. The van der Waals surface area contributed by atoms with Gasteiger partial charge in [0.15, 0.2) is 0 Å². The number of pyridine rings is 1. The lowest BCUT2D eigenvalue weighted by Crippen LogP contribution is -2.38. The van der Waals surface area contributed by atoms with Crippen LogP contribution in [0.4, 0.5) is 5.82 Å². The molecule has 0 bridgehead atoms. The second-order valence-corrected chi connectivity index (χ2v) is 6.62. The van der Waals surface area contributed by atoms with Gasteiger partial charge >= 0.3 is 0 Å². The lowest BCUT2D eigenvalue weighted by molar-refractivity contribution is 0.159. The van der Waals surface area contributed by atoms with Crippen LogP contribution in [0.15, 0.2) is 18.2 Å². The zero-order valence-electron chi connectivity index (χ0n) is 13.4. The standard InChI is InChI=1S/C16H27N3O.H2S/c1-16(2,3)17-12-14(20)13-8-7-9-15(18-13)19-10-5-4-6-11-19;/h7-9,14,17,20H,4-6,10-12H2,1-3H3;1H2/t14-;/m0./s1. The number of hydrogen-bond donors (Lipinski definition) is 2. The van der Waals surface area contributed by atoms with Gasteiger partial charge in [-0.2, -0.15) is 13.5 Å². The Hall–Kier alpha value is -0.780. The topological polar surface area (TPSA) is 48.4 Å². The Labute approximate surface area is 135 Å². The average molecular weight is 311 g/mol. The highest BCUT2D eigenvalue weighted by Crippen LogP contribution is 2.20. The molecular weight excluding hydrogens is 282 g/mol. The van der Waals surface area contributed by atoms with Gasteiger partial charge < -0.3 is 15.3 Å². The molecule has 1 aliphatic rings. The highest BCUT2D eigenvalue weighted by molar-refractivity contribution is 7.59. The Morgan fingerprint density at radius 2 is 1.90 bits per heavy atom. The van der Waals surface area contributed by atoms with Crippen molar-refractivity contribution in [3.8, 4) is 0 Å². The highest BCUT2D eigenvalue weighted by atomic mass is 32.1. The summed E-state index contributed by atoms with van der Waals surface area (Å²) in [4.78, 5) is 6.95. The quantitative estimate of drug-likeness (QED) is 0.897. The number of aliphatic hydroxyl groups excluding tert-OH is 1. The molecule has 1 aromatic rings. The number of piperidine rings is 1. The van der Waals surface area contributed by atoms with Crippen LogP contribution in [-0.4, -0.2) is 35.3 Å². The molecule has 1 aliphatic heterocycles. The highest BCUT2D eigenvalue weighted by Gasteiger charge is 2.17. The molecule has 0 spiro atoms. The van der Waals surface area contributed by atoms with Crippen LogP contribution in [-0.2, 0) is 0 Å². The summed E-state index contributed by atoms with van der Waals surface area (Å²) in [5, 5.41) is 13.6. The average Bonchev–Trinajstić information content (AvgIpc) is 2.45. The summed E-state index contributed by atoms with van der Waals surface area (Å²) in [5.41, 5.74) is 0.760. The van der Waals surface area contributed by atoms with Crippen molar-refractivity contribution in [2.75, 3.05) is 24.5 Å². The van der Waals surface area contributed by atoms with Crippen LogP contribution < -0.4 is 10.2 Å². The van der Waals surface area contributed by atoms with Crippen LogP contribution in [0.5, 0.6) is 0 Å². The van der Waals surface area contributed by atoms with Crippen LogP contribution >= 0.6 is 13.5 Å². The summed E-state index contributed by atoms with van der Waals surface area (Å²) in [7, 11) is 0. The number of nitrogens with one attached hydrogen (secondary N) is 1. The summed E-state index contributed by atoms with van der Waals surface area (Å²) in [6.45, 7) is 8.96. The monoisotopic (exact) mass is 311 g/mol. The maximum absolute atomic E-state index is 10.3. The van der Waals surface area contributed by atoms with Crippen LogP contribution in [0, 0.1) is 0 Å². The number of aromatic nitrogens is 1. The van der Waals surface area contributed by atoms with Gasteiger partial charge in [-0.3, -0.25) is 0 Å². The van der Waals surface area contributed by atoms with E-state index in [-0.39, 0.29) is 19.0 Å². The molecule has 2 N–H and O–H groups in total. The third-order valence-corrected chi connectivity index (χ3v) is 3.60. The van der Waals surface area contributed by atoms with E-state index in [4.69, 9.17) is 0 Å². The van der Waals surface area contributed by atoms with Gasteiger partial charge in [0.05, 0.1) is 5.69 Å². The zero-order valence-corrected chi connectivity index (χ0v) is 14.4. The molecule has 2 rings (SSSR count). The van der Waals surface area contributed by atoms with Gasteiger partial charge in [-0.15, -0.1) is 0 Å². The fraction of sp³-hybridized carbons (Fsp3) is 0.688. The van der Waals surface area contributed by atoms with E-state index in [2.05, 4.69) is 36.0 Å². The summed E-state index contributed by atoms with van der Waals surface area (Å²) >= 11 is 0. The molecule has 2 heterocycles. The molecule has 0 aromatic carbocycles. The van der Waals surface area contributed by atoms with Crippen molar-refractivity contribution < 1.29 is 5.11 Å². The number of nitrogens with zero attached hydrogens (tertiary/aromatic N) is 2. The van der Waals surface area contributed by atoms with Crippen LogP contribution in [0.3, 0.4) is 0 Å². The Bertz CT molecular complexity index is 428. The Morgan fingerprint density at radius 1 is 1.24 bits per heavy atom. The second kappa shape index (κ2) is 8.01. The molecule has 4 nitrogen and oxygen atoms in total. The van der Waals surface area contributed by atoms with Crippen molar-refractivity contribution in [1.29, 1.82) is 0 Å². The summed E-state index contributed by atoms with van der Waals surface area (Å²) in [6, 6.07) is 5.94. The molecule has 0 aliphatic carbocycles. The van der Waals surface area contributed by atoms with E-state index in [9.17, 15) is 5.11 Å². The molecule has 1 aromatic heterocycles. The molecule has 0 amide bonds. The SMILES string of the molecule is CC(C)(C)NC[C@H](O)c1cccc(N2CCCCC2)n1.S. The minimum Gasteiger partial charge on any atom is -0.385 e. The number of β-amino-alcohol motifs (C(OH)–C–C–N with tert-alkyl or cyclic N) is 1. The first-order valence-electron chi connectivity index (χ1n) is 7.61. The maximum atomic E-state index is 10.3. The van der Waals surface area contributed by atoms with Crippen LogP contribution in [0.1, 0.15) is 51.8 Å². The van der Waals surface area contributed by atoms with Gasteiger partial charge in [-0.1, -0.05) is 6.07 Å². The Kier molecular flexibility index (Phi) is 6.97. The molecule has 21 heavy (non-hydrogen) atoms. The molecule has 0 radical (unpaired) electrons. The van der Waals surface area contributed by atoms with Crippen molar-refractivity contribution in [2.45, 2.75) is 51.7 Å². The number of rotatable bonds is 4. The smallest absolute Gasteiger partial charge is 0.128 e. The number of anilines is 1. The lowest BCUT2D eigenvalue weighted by Gasteiger charge is -2.28. The summed E-state index contributed by atoms with van der Waals surface area (Å²) in [5.74, 6) is 0.997. The van der Waals surface area contributed by atoms with E-state index in [0.29, 0.717) is 6.54 Å². The first kappa shape index (κ1) is 18.3. The van der Waals surface area contributed by atoms with Gasteiger partial charge in [0.25, 0.3) is 0 Å². The minimum absolute atomic E-state index is 0. The van der Waals surface area contributed by atoms with Crippen molar-refractivity contribution in [2.24, 2.45) is 0 Å². The zero-order chi connectivity index (χ0) is 14.6. The van der Waals surface area contributed by atoms with E-state index in [0.717, 1.165) is 24.6 Å². The summed E-state index contributed by atoms with van der Waals surface area (Å²) in [6.07, 6.45) is 3.23. The molecule has 1 atom stereocenters. The molecule has 1 fully saturated rings. The third kappa shape index (κ3) is 5.85. The predicted molar refractivity (Wildman–Crippen MR) is 93.4 cm³/mol. The lowest BCUT2D eigenvalue weighted by atomic mass is 10.1. The van der Waals surface area contributed by atoms with Crippen LogP contribution in [0.25, 0.3) is 0 Å². The first-order chi connectivity index (χ1) is 9.46. The fourth-order valence-electron chi connectivity index (χ4n) is 2.43. The van der Waals surface area contributed by atoms with Gasteiger partial charge in [0.1, 0.15) is 11.9 Å². The van der Waals surface area contributed by atoms with Gasteiger partial charge in [-0.25, -0.2) is 4.98 Å². The van der Waals surface area contributed by atoms with E-state index in [1.807, 2.05) is 18.2 Å². The van der Waals surface area contributed by atoms with Crippen molar-refractivity contribution >= 4 is 19.3 Å². The maximum Gasteiger partial charge on any atom is 0.128 e. The van der Waals surface area contributed by atoms with Gasteiger partial charge in [0, 0.05) is 25.2 Å². The largest absolute Gasteiger partial charge is 0.385 e. The van der Waals surface area contributed by atoms with E-state index >= 15 is 0 Å². The predicted octanol–water partition coefficient (Wildman–Crippen LogP) is 2.61. The van der Waals surface area contributed by atoms with Crippen molar-refractivity contribution in [1.82, 2.24) is 10.3 Å². The van der Waals surface area contributed by atoms with Gasteiger partial charge in [0.2, 0.25) is 0 Å². The normalized spacial score (nSPS) is 17.2. The molecule has 1 saturated heterocycles. The van der Waals surface area contributed by atoms with E-state index in [1.165, 1.54) is 19.3 Å². The molecular formula is C16H29N3OS. The number of hydrogen-bond acceptors (Lipinski definition) is 4. The Balaban J connectivity index is 0.00000220. The molecule has 0 saturated carbocycles. The van der Waals surface area contributed by atoms with Crippen LogP contribution in [0.2, 0.25) is 0 Å². The van der Waals surface area contributed by atoms with Crippen molar-refractivity contribution in [3.05, 3.63) is 23.9 Å². The molecule has 5 heteroatoms. The van der Waals surface area contributed by atoms with E-state index < -0.39 is 6.10 Å². The minimum atomic E-state index is -0.557. The Morgan fingerprint density at radius 3 is 2.52 bits per heavy atom. The first-order valence-corrected chi connectivity index (χ1v) is 7.61.